The lowest BCUT2D eigenvalue weighted by atomic mass is 9.89. The first-order valence-electron chi connectivity index (χ1n) is 11.6. The number of rotatable bonds is 9. The summed E-state index contributed by atoms with van der Waals surface area (Å²) in [5, 5.41) is 27.1. The van der Waals surface area contributed by atoms with E-state index in [9.17, 15) is 5.11 Å². The van der Waals surface area contributed by atoms with Crippen molar-refractivity contribution < 1.29 is 5.11 Å². The van der Waals surface area contributed by atoms with Gasteiger partial charge in [-0.25, -0.2) is 9.97 Å². The van der Waals surface area contributed by atoms with E-state index in [0.717, 1.165) is 53.8 Å². The van der Waals surface area contributed by atoms with Gasteiger partial charge in [0.05, 0.1) is 23.1 Å². The van der Waals surface area contributed by atoms with E-state index < -0.39 is 0 Å². The molecule has 3 N–H and O–H groups in total. The van der Waals surface area contributed by atoms with E-state index in [2.05, 4.69) is 45.4 Å². The number of anilines is 3. The molecular formula is C24H31N7OS. The zero-order valence-electron chi connectivity index (χ0n) is 19.2. The molecule has 0 bridgehead atoms. The van der Waals surface area contributed by atoms with Crippen molar-refractivity contribution in [1.82, 2.24) is 19.9 Å². The van der Waals surface area contributed by atoms with Gasteiger partial charge in [0, 0.05) is 54.9 Å². The maximum absolute atomic E-state index is 9.32. The van der Waals surface area contributed by atoms with Crippen molar-refractivity contribution in [2.24, 2.45) is 0 Å². The minimum atomic E-state index is -0.0248. The van der Waals surface area contributed by atoms with E-state index in [1.807, 2.05) is 18.2 Å². The van der Waals surface area contributed by atoms with Crippen molar-refractivity contribution >= 4 is 39.0 Å². The molecule has 174 valence electrons. The van der Waals surface area contributed by atoms with Gasteiger partial charge in [-0.15, -0.1) is 0 Å². The summed E-state index contributed by atoms with van der Waals surface area (Å²) in [6.07, 6.45) is 8.31. The molecule has 1 saturated heterocycles. The monoisotopic (exact) mass is 465 g/mol. The maximum atomic E-state index is 9.32. The Labute approximate surface area is 198 Å². The van der Waals surface area contributed by atoms with E-state index in [-0.39, 0.29) is 6.61 Å². The highest BCUT2D eigenvalue weighted by Gasteiger charge is 2.33. The lowest BCUT2D eigenvalue weighted by Gasteiger charge is -2.44. The number of piperidine rings is 1. The number of fused-ring (bicyclic) bond motifs is 1. The lowest BCUT2D eigenvalue weighted by Crippen LogP contribution is -2.51. The average molecular weight is 466 g/mol. The summed E-state index contributed by atoms with van der Waals surface area (Å²) in [6.45, 7) is 5.30. The minimum absolute atomic E-state index is 0.0248. The van der Waals surface area contributed by atoms with E-state index in [0.29, 0.717) is 35.5 Å². The number of likely N-dealkylation sites (tertiary alicyclic amines) is 1. The third-order valence-electron chi connectivity index (χ3n) is 6.21. The van der Waals surface area contributed by atoms with Crippen LogP contribution in [0.2, 0.25) is 0 Å². The van der Waals surface area contributed by atoms with Crippen LogP contribution in [0.25, 0.3) is 10.9 Å². The fourth-order valence-corrected chi connectivity index (χ4v) is 5.45. The van der Waals surface area contributed by atoms with Gasteiger partial charge >= 0.3 is 0 Å². The standard InChI is InChI=1S/C24H31N7OS/c1-3-6-18-12-17(11-16(2)31(18)10-5-8-25)28-23-20-7-4-9-26-21(20)13-22(29-23)30-24-27-14-19(15-32)33-24/h4,7,9,13-14,16-18,32H,3,5-6,10-12,15H2,1-2H3,(H2,27,28,29,30)/t16-,17-,18+/m0/s1. The number of hydrogen-bond acceptors (Lipinski definition) is 9. The Kier molecular flexibility index (Phi) is 7.70. The van der Waals surface area contributed by atoms with Crippen molar-refractivity contribution in [2.75, 3.05) is 17.2 Å². The largest absolute Gasteiger partial charge is 0.391 e. The van der Waals surface area contributed by atoms with Crippen LogP contribution in [0, 0.1) is 11.3 Å². The van der Waals surface area contributed by atoms with Gasteiger partial charge < -0.3 is 15.7 Å². The molecule has 0 aliphatic carbocycles. The lowest BCUT2D eigenvalue weighted by molar-refractivity contribution is 0.0824. The van der Waals surface area contributed by atoms with E-state index in [1.165, 1.54) is 11.3 Å². The molecule has 1 aliphatic rings. The third kappa shape index (κ3) is 5.58. The van der Waals surface area contributed by atoms with Gasteiger partial charge in [0.25, 0.3) is 0 Å². The molecule has 0 saturated carbocycles. The van der Waals surface area contributed by atoms with Crippen LogP contribution in [0.3, 0.4) is 0 Å². The van der Waals surface area contributed by atoms with Gasteiger partial charge in [0.1, 0.15) is 11.6 Å². The summed E-state index contributed by atoms with van der Waals surface area (Å²) in [7, 11) is 0. The predicted octanol–water partition coefficient (Wildman–Crippen LogP) is 4.67. The van der Waals surface area contributed by atoms with Crippen LogP contribution >= 0.6 is 11.3 Å². The Morgan fingerprint density at radius 2 is 2.21 bits per heavy atom. The van der Waals surface area contributed by atoms with Crippen molar-refractivity contribution in [3.63, 3.8) is 0 Å². The Balaban J connectivity index is 1.57. The number of nitriles is 1. The van der Waals surface area contributed by atoms with Crippen molar-refractivity contribution in [2.45, 2.75) is 70.7 Å². The highest BCUT2D eigenvalue weighted by molar-refractivity contribution is 7.15. The van der Waals surface area contributed by atoms with Crippen LogP contribution in [0.15, 0.2) is 30.6 Å². The highest BCUT2D eigenvalue weighted by atomic mass is 32.1. The normalized spacial score (nSPS) is 21.1. The first-order chi connectivity index (χ1) is 16.1. The summed E-state index contributed by atoms with van der Waals surface area (Å²) < 4.78 is 0. The fourth-order valence-electron chi connectivity index (χ4n) is 4.77. The molecule has 3 aromatic rings. The van der Waals surface area contributed by atoms with Crippen LogP contribution in [0.5, 0.6) is 0 Å². The van der Waals surface area contributed by atoms with Gasteiger partial charge in [-0.3, -0.25) is 9.88 Å². The molecule has 0 spiro atoms. The van der Waals surface area contributed by atoms with E-state index >= 15 is 0 Å². The number of pyridine rings is 2. The van der Waals surface area contributed by atoms with Gasteiger partial charge in [0.2, 0.25) is 0 Å². The Hall–Kier alpha value is -2.80. The summed E-state index contributed by atoms with van der Waals surface area (Å²) in [6, 6.07) is 9.36. The molecule has 1 fully saturated rings. The summed E-state index contributed by atoms with van der Waals surface area (Å²) >= 11 is 1.41. The van der Waals surface area contributed by atoms with Crippen LogP contribution in [0.4, 0.5) is 16.8 Å². The first kappa shape index (κ1) is 23.4. The Bertz CT molecular complexity index is 1110. The van der Waals surface area contributed by atoms with Gasteiger partial charge in [-0.2, -0.15) is 5.26 Å². The molecule has 4 heterocycles. The summed E-state index contributed by atoms with van der Waals surface area (Å²) in [5.74, 6) is 1.49. The molecule has 8 nitrogen and oxygen atoms in total. The quantitative estimate of drug-likeness (QED) is 0.418. The SMILES string of the molecule is CCC[C@@H]1C[C@@H](Nc2nc(Nc3ncc(CO)s3)cc3ncccc23)C[C@H](C)N1CCC#N. The molecule has 0 amide bonds. The van der Waals surface area contributed by atoms with Crippen molar-refractivity contribution in [3.05, 3.63) is 35.5 Å². The molecule has 33 heavy (non-hydrogen) atoms. The molecule has 0 radical (unpaired) electrons. The first-order valence-corrected chi connectivity index (χ1v) is 12.4. The van der Waals surface area contributed by atoms with Crippen molar-refractivity contribution in [1.29, 1.82) is 5.26 Å². The van der Waals surface area contributed by atoms with Gasteiger partial charge in [-0.05, 0) is 38.3 Å². The molecule has 0 unspecified atom stereocenters. The summed E-state index contributed by atoms with van der Waals surface area (Å²) in [5.41, 5.74) is 0.862. The second-order valence-corrected chi connectivity index (χ2v) is 9.71. The smallest absolute Gasteiger partial charge is 0.188 e. The minimum Gasteiger partial charge on any atom is -0.391 e. The average Bonchev–Trinajstić information content (AvgIpc) is 3.26. The van der Waals surface area contributed by atoms with Crippen LogP contribution in [0.1, 0.15) is 50.8 Å². The summed E-state index contributed by atoms with van der Waals surface area (Å²) in [4.78, 5) is 17.1. The molecule has 0 aromatic carbocycles. The number of aromatic nitrogens is 3. The second-order valence-electron chi connectivity index (χ2n) is 8.59. The number of nitrogens with one attached hydrogen (secondary N) is 2. The second kappa shape index (κ2) is 10.9. The maximum Gasteiger partial charge on any atom is 0.188 e. The van der Waals surface area contributed by atoms with Gasteiger partial charge in [0.15, 0.2) is 5.13 Å². The molecule has 4 rings (SSSR count). The van der Waals surface area contributed by atoms with Crippen LogP contribution < -0.4 is 10.6 Å². The fraction of sp³-hybridized carbons (Fsp3) is 0.500. The Morgan fingerprint density at radius 3 is 2.97 bits per heavy atom. The third-order valence-corrected chi connectivity index (χ3v) is 7.10. The molecule has 3 atom stereocenters. The molecular weight excluding hydrogens is 434 g/mol. The zero-order valence-corrected chi connectivity index (χ0v) is 20.0. The zero-order chi connectivity index (χ0) is 23.2. The molecule has 1 aliphatic heterocycles. The highest BCUT2D eigenvalue weighted by Crippen LogP contribution is 2.31. The molecule has 3 aromatic heterocycles. The Morgan fingerprint density at radius 1 is 1.33 bits per heavy atom. The van der Waals surface area contributed by atoms with E-state index in [1.54, 1.807) is 12.4 Å². The number of aliphatic hydroxyl groups is 1. The number of nitrogens with zero attached hydrogens (tertiary/aromatic N) is 5. The van der Waals surface area contributed by atoms with Crippen LogP contribution in [-0.2, 0) is 6.61 Å². The molecule has 9 heteroatoms. The number of aliphatic hydroxyl groups excluding tert-OH is 1. The number of thiazole rings is 1. The topological polar surface area (TPSA) is 110 Å². The number of hydrogen-bond donors (Lipinski definition) is 3. The van der Waals surface area contributed by atoms with Crippen molar-refractivity contribution in [3.8, 4) is 6.07 Å². The van der Waals surface area contributed by atoms with E-state index in [4.69, 9.17) is 10.2 Å². The van der Waals surface area contributed by atoms with Crippen LogP contribution in [-0.4, -0.2) is 49.6 Å². The predicted molar refractivity (Wildman–Crippen MR) is 133 cm³/mol. The van der Waals surface area contributed by atoms with Gasteiger partial charge in [-0.1, -0.05) is 24.7 Å².